The Labute approximate surface area is 108 Å². The molecule has 0 aromatic heterocycles. The van der Waals surface area contributed by atoms with Gasteiger partial charge in [-0.2, -0.15) is 0 Å². The maximum absolute atomic E-state index is 3.71. The van der Waals surface area contributed by atoms with Crippen molar-refractivity contribution >= 4 is 0 Å². The molecule has 0 saturated carbocycles. The van der Waals surface area contributed by atoms with Gasteiger partial charge in [-0.05, 0) is 37.8 Å². The molecule has 1 rings (SSSR count). The largest absolute Gasteiger partial charge is 0.313 e. The van der Waals surface area contributed by atoms with E-state index in [2.05, 4.69) is 37.9 Å². The zero-order chi connectivity index (χ0) is 12.7. The summed E-state index contributed by atoms with van der Waals surface area (Å²) in [6.07, 6.45) is 5.29. The SMILES string of the molecule is CCC(CC)CN1CCCNC(CC(C)C)C1. The predicted molar refractivity (Wildman–Crippen MR) is 76.4 cm³/mol. The van der Waals surface area contributed by atoms with Crippen LogP contribution in [-0.4, -0.2) is 37.1 Å². The van der Waals surface area contributed by atoms with Gasteiger partial charge in [0.25, 0.3) is 0 Å². The second-order valence-corrected chi connectivity index (χ2v) is 6.08. The Morgan fingerprint density at radius 1 is 1.24 bits per heavy atom. The standard InChI is InChI=1S/C15H32N2/c1-5-14(6-2)11-17-9-7-8-16-15(12-17)10-13(3)4/h13-16H,5-12H2,1-4H3. The van der Waals surface area contributed by atoms with E-state index in [9.17, 15) is 0 Å². The highest BCUT2D eigenvalue weighted by Gasteiger charge is 2.20. The maximum atomic E-state index is 3.71. The summed E-state index contributed by atoms with van der Waals surface area (Å²) >= 11 is 0. The van der Waals surface area contributed by atoms with Gasteiger partial charge in [0.2, 0.25) is 0 Å². The van der Waals surface area contributed by atoms with E-state index in [4.69, 9.17) is 0 Å². The number of hydrogen-bond acceptors (Lipinski definition) is 2. The lowest BCUT2D eigenvalue weighted by molar-refractivity contribution is 0.213. The van der Waals surface area contributed by atoms with E-state index >= 15 is 0 Å². The molecule has 0 aromatic carbocycles. The maximum Gasteiger partial charge on any atom is 0.0197 e. The molecule has 0 amide bonds. The fourth-order valence-corrected chi connectivity index (χ4v) is 2.88. The van der Waals surface area contributed by atoms with Gasteiger partial charge in [-0.1, -0.05) is 40.5 Å². The molecular weight excluding hydrogens is 208 g/mol. The lowest BCUT2D eigenvalue weighted by Gasteiger charge is -2.28. The Morgan fingerprint density at radius 2 is 1.94 bits per heavy atom. The molecule has 0 spiro atoms. The van der Waals surface area contributed by atoms with Crippen LogP contribution >= 0.6 is 0 Å². The summed E-state index contributed by atoms with van der Waals surface area (Å²) in [5, 5.41) is 3.71. The van der Waals surface area contributed by atoms with Crippen molar-refractivity contribution in [2.75, 3.05) is 26.2 Å². The van der Waals surface area contributed by atoms with Crippen LogP contribution in [0.4, 0.5) is 0 Å². The molecule has 1 unspecified atom stereocenters. The first-order chi connectivity index (χ1) is 8.15. The third kappa shape index (κ3) is 5.87. The van der Waals surface area contributed by atoms with E-state index < -0.39 is 0 Å². The molecule has 1 fully saturated rings. The summed E-state index contributed by atoms with van der Waals surface area (Å²) in [7, 11) is 0. The van der Waals surface area contributed by atoms with Gasteiger partial charge in [-0.3, -0.25) is 0 Å². The highest BCUT2D eigenvalue weighted by atomic mass is 15.2. The zero-order valence-corrected chi connectivity index (χ0v) is 12.3. The average Bonchev–Trinajstić information content (AvgIpc) is 2.50. The minimum absolute atomic E-state index is 0.715. The molecule has 0 bridgehead atoms. The van der Waals surface area contributed by atoms with Gasteiger partial charge in [0, 0.05) is 19.1 Å². The molecule has 102 valence electrons. The van der Waals surface area contributed by atoms with E-state index in [0.717, 1.165) is 11.8 Å². The summed E-state index contributed by atoms with van der Waals surface area (Å²) < 4.78 is 0. The minimum atomic E-state index is 0.715. The van der Waals surface area contributed by atoms with Gasteiger partial charge in [-0.25, -0.2) is 0 Å². The van der Waals surface area contributed by atoms with Crippen LogP contribution in [0.2, 0.25) is 0 Å². The summed E-state index contributed by atoms with van der Waals surface area (Å²) in [5.74, 6) is 1.70. The Hall–Kier alpha value is -0.0800. The highest BCUT2D eigenvalue weighted by molar-refractivity contribution is 4.78. The molecule has 0 radical (unpaired) electrons. The Bertz CT molecular complexity index is 187. The molecule has 1 saturated heterocycles. The second-order valence-electron chi connectivity index (χ2n) is 6.08. The van der Waals surface area contributed by atoms with Crippen molar-refractivity contribution in [2.45, 2.75) is 59.4 Å². The number of rotatable bonds is 6. The zero-order valence-electron chi connectivity index (χ0n) is 12.3. The lowest BCUT2D eigenvalue weighted by atomic mass is 10.0. The second kappa shape index (κ2) is 8.10. The Balaban J connectivity index is 2.42. The van der Waals surface area contributed by atoms with Crippen LogP contribution in [0, 0.1) is 11.8 Å². The molecule has 0 aliphatic carbocycles. The molecule has 1 N–H and O–H groups in total. The van der Waals surface area contributed by atoms with E-state index in [-0.39, 0.29) is 0 Å². The van der Waals surface area contributed by atoms with Crippen molar-refractivity contribution < 1.29 is 0 Å². The van der Waals surface area contributed by atoms with Gasteiger partial charge in [-0.15, -0.1) is 0 Å². The first-order valence-electron chi connectivity index (χ1n) is 7.61. The van der Waals surface area contributed by atoms with Gasteiger partial charge < -0.3 is 10.2 Å². The Morgan fingerprint density at radius 3 is 2.53 bits per heavy atom. The summed E-state index contributed by atoms with van der Waals surface area (Å²) in [6, 6.07) is 0.715. The number of nitrogens with zero attached hydrogens (tertiary/aromatic N) is 1. The molecule has 1 atom stereocenters. The molecule has 1 aliphatic rings. The van der Waals surface area contributed by atoms with Gasteiger partial charge in [0.1, 0.15) is 0 Å². The molecule has 0 aromatic rings. The minimum Gasteiger partial charge on any atom is -0.313 e. The highest BCUT2D eigenvalue weighted by Crippen LogP contribution is 2.14. The van der Waals surface area contributed by atoms with E-state index in [1.54, 1.807) is 0 Å². The molecule has 1 aliphatic heterocycles. The van der Waals surface area contributed by atoms with Crippen molar-refractivity contribution in [1.82, 2.24) is 10.2 Å². The number of nitrogens with one attached hydrogen (secondary N) is 1. The molecule has 2 heteroatoms. The molecule has 1 heterocycles. The van der Waals surface area contributed by atoms with Crippen LogP contribution < -0.4 is 5.32 Å². The van der Waals surface area contributed by atoms with Crippen LogP contribution in [0.5, 0.6) is 0 Å². The topological polar surface area (TPSA) is 15.3 Å². The van der Waals surface area contributed by atoms with E-state index in [0.29, 0.717) is 6.04 Å². The lowest BCUT2D eigenvalue weighted by Crippen LogP contribution is -2.40. The van der Waals surface area contributed by atoms with Gasteiger partial charge in [0.05, 0.1) is 0 Å². The van der Waals surface area contributed by atoms with Crippen molar-refractivity contribution in [1.29, 1.82) is 0 Å². The Kier molecular flexibility index (Phi) is 7.14. The van der Waals surface area contributed by atoms with Crippen LogP contribution in [0.3, 0.4) is 0 Å². The van der Waals surface area contributed by atoms with Crippen LogP contribution in [0.25, 0.3) is 0 Å². The molecular formula is C15H32N2. The van der Waals surface area contributed by atoms with Crippen LogP contribution in [0.15, 0.2) is 0 Å². The smallest absolute Gasteiger partial charge is 0.0197 e. The normalized spacial score (nSPS) is 23.3. The van der Waals surface area contributed by atoms with Crippen molar-refractivity contribution in [3.63, 3.8) is 0 Å². The first-order valence-corrected chi connectivity index (χ1v) is 7.61. The third-order valence-electron chi connectivity index (χ3n) is 3.99. The molecule has 17 heavy (non-hydrogen) atoms. The summed E-state index contributed by atoms with van der Waals surface area (Å²) in [6.45, 7) is 14.4. The summed E-state index contributed by atoms with van der Waals surface area (Å²) in [5.41, 5.74) is 0. The fourth-order valence-electron chi connectivity index (χ4n) is 2.88. The monoisotopic (exact) mass is 240 g/mol. The molecule has 2 nitrogen and oxygen atoms in total. The van der Waals surface area contributed by atoms with Crippen molar-refractivity contribution in [2.24, 2.45) is 11.8 Å². The first kappa shape index (κ1) is 15.0. The van der Waals surface area contributed by atoms with E-state index in [1.807, 2.05) is 0 Å². The van der Waals surface area contributed by atoms with Gasteiger partial charge >= 0.3 is 0 Å². The number of hydrogen-bond donors (Lipinski definition) is 1. The van der Waals surface area contributed by atoms with E-state index in [1.165, 1.54) is 51.9 Å². The van der Waals surface area contributed by atoms with Crippen molar-refractivity contribution in [3.05, 3.63) is 0 Å². The summed E-state index contributed by atoms with van der Waals surface area (Å²) in [4.78, 5) is 2.70. The predicted octanol–water partition coefficient (Wildman–Crippen LogP) is 3.13. The third-order valence-corrected chi connectivity index (χ3v) is 3.99. The van der Waals surface area contributed by atoms with Gasteiger partial charge in [0.15, 0.2) is 0 Å². The fraction of sp³-hybridized carbons (Fsp3) is 1.00. The quantitative estimate of drug-likeness (QED) is 0.767. The van der Waals surface area contributed by atoms with Crippen molar-refractivity contribution in [3.8, 4) is 0 Å². The average molecular weight is 240 g/mol. The van der Waals surface area contributed by atoms with Crippen LogP contribution in [0.1, 0.15) is 53.4 Å². The van der Waals surface area contributed by atoms with Crippen LogP contribution in [-0.2, 0) is 0 Å².